The van der Waals surface area contributed by atoms with E-state index in [1.165, 1.54) is 100 Å². The Hall–Kier alpha value is -18.0. The monoisotopic (exact) mass is 1760 g/mol. The number of para-hydroxylation sites is 5. The van der Waals surface area contributed by atoms with Crippen LogP contribution in [0.3, 0.4) is 0 Å². The van der Waals surface area contributed by atoms with Gasteiger partial charge in [-0.05, 0) is 218 Å². The normalized spacial score (nSPS) is 12.5. The van der Waals surface area contributed by atoms with Crippen molar-refractivity contribution >= 4 is 78.0 Å². The van der Waals surface area contributed by atoms with E-state index in [0.717, 1.165) is 134 Å². The van der Waals surface area contributed by atoms with E-state index in [-0.39, 0.29) is 0 Å². The summed E-state index contributed by atoms with van der Waals surface area (Å²) in [5, 5.41) is 4.43. The minimum atomic E-state index is -0.500. The Morgan fingerprint density at radius 2 is 0.413 bits per heavy atom. The first-order valence-electron chi connectivity index (χ1n) is 47.5. The van der Waals surface area contributed by atoms with Crippen molar-refractivity contribution in [3.8, 4) is 111 Å². The van der Waals surface area contributed by atoms with Crippen molar-refractivity contribution in [2.45, 2.75) is 10.8 Å². The van der Waals surface area contributed by atoms with Crippen LogP contribution in [0.4, 0.5) is 34.1 Å². The lowest BCUT2D eigenvalue weighted by Gasteiger charge is -2.34. The number of furan rings is 2. The SMILES string of the molecule is c1ccc(-c2ccc(-c3cccc(N(c4cccc(-c5cccc6c5-c5ccccc5C6(c5ccccc5)c5ccccc5)c4)c4ccccc4-c4cccc5oc6ccccc6c45)c3)cc2)cc1.c1ccc(-c2ccc(-c3ccccc3N(c3cccc(-c4cccc5c4-c4ccccc4C5(c4ccccc4)c4ccccc4)c3)c3ccccc3-c3cccc4oc5ccccc5c34)cc2)cc1. The fraction of sp³-hybridized carbons (Fsp3) is 0.0149. The third-order valence-electron chi connectivity index (χ3n) is 28.3. The van der Waals surface area contributed by atoms with Gasteiger partial charge in [-0.1, -0.05) is 467 Å². The Labute approximate surface area is 803 Å². The number of rotatable bonds is 18. The van der Waals surface area contributed by atoms with E-state index in [2.05, 4.69) is 544 Å². The minimum Gasteiger partial charge on any atom is -0.456 e. The largest absolute Gasteiger partial charge is 0.456 e. The van der Waals surface area contributed by atoms with Gasteiger partial charge < -0.3 is 18.6 Å². The number of anilines is 6. The third-order valence-corrected chi connectivity index (χ3v) is 28.3. The molecule has 4 nitrogen and oxygen atoms in total. The fourth-order valence-electron chi connectivity index (χ4n) is 22.4. The maximum atomic E-state index is 6.49. The Balaban J connectivity index is 0.000000146. The maximum Gasteiger partial charge on any atom is 0.136 e. The summed E-state index contributed by atoms with van der Waals surface area (Å²) < 4.78 is 13.0. The van der Waals surface area contributed by atoms with Crippen LogP contribution < -0.4 is 9.80 Å². The van der Waals surface area contributed by atoms with Crippen LogP contribution in [0, 0.1) is 0 Å². The summed E-state index contributed by atoms with van der Waals surface area (Å²) >= 11 is 0. The molecule has 648 valence electrons. The molecule has 0 radical (unpaired) electrons. The van der Waals surface area contributed by atoms with E-state index in [1.807, 2.05) is 12.1 Å². The number of nitrogens with zero attached hydrogens (tertiary/aromatic N) is 2. The molecule has 0 saturated carbocycles. The van der Waals surface area contributed by atoms with E-state index >= 15 is 0 Å². The molecular weight excluding hydrogens is 1670 g/mol. The molecule has 26 rings (SSSR count). The summed E-state index contributed by atoms with van der Waals surface area (Å²) in [5.41, 5.74) is 42.7. The third kappa shape index (κ3) is 13.9. The molecule has 0 bridgehead atoms. The highest BCUT2D eigenvalue weighted by molar-refractivity contribution is 6.16. The van der Waals surface area contributed by atoms with E-state index in [4.69, 9.17) is 8.83 Å². The second kappa shape index (κ2) is 34.9. The van der Waals surface area contributed by atoms with Gasteiger partial charge >= 0.3 is 0 Å². The van der Waals surface area contributed by atoms with Crippen molar-refractivity contribution in [3.05, 3.63) is 590 Å². The van der Waals surface area contributed by atoms with Gasteiger partial charge in [0.15, 0.2) is 0 Å². The molecule has 0 fully saturated rings. The number of fused-ring (bicyclic) bond motifs is 12. The van der Waals surface area contributed by atoms with Crippen molar-refractivity contribution in [1.82, 2.24) is 0 Å². The van der Waals surface area contributed by atoms with Gasteiger partial charge in [-0.2, -0.15) is 0 Å². The fourth-order valence-corrected chi connectivity index (χ4v) is 22.4. The van der Waals surface area contributed by atoms with E-state index in [0.29, 0.717) is 0 Å². The number of hydrogen-bond donors (Lipinski definition) is 0. The van der Waals surface area contributed by atoms with Crippen LogP contribution in [-0.4, -0.2) is 0 Å². The van der Waals surface area contributed by atoms with Crippen molar-refractivity contribution in [2.24, 2.45) is 0 Å². The molecule has 2 aromatic heterocycles. The molecule has 138 heavy (non-hydrogen) atoms. The van der Waals surface area contributed by atoms with Gasteiger partial charge in [-0.15, -0.1) is 0 Å². The van der Waals surface area contributed by atoms with Gasteiger partial charge in [0.05, 0.1) is 27.9 Å². The summed E-state index contributed by atoms with van der Waals surface area (Å²) in [6.07, 6.45) is 0. The quantitative estimate of drug-likeness (QED) is 0.0857. The average molecular weight is 1760 g/mol. The van der Waals surface area contributed by atoms with Crippen molar-refractivity contribution < 1.29 is 8.83 Å². The molecule has 2 heterocycles. The molecule has 2 aliphatic rings. The predicted molar refractivity (Wildman–Crippen MR) is 575 cm³/mol. The van der Waals surface area contributed by atoms with Gasteiger partial charge in [0.2, 0.25) is 0 Å². The molecule has 0 spiro atoms. The molecule has 24 aromatic rings. The van der Waals surface area contributed by atoms with Crippen LogP contribution in [-0.2, 0) is 10.8 Å². The molecule has 0 aliphatic heterocycles. The average Bonchev–Trinajstić information content (AvgIpc) is 1.58. The maximum absolute atomic E-state index is 6.49. The van der Waals surface area contributed by atoms with E-state index in [1.54, 1.807) is 0 Å². The summed E-state index contributed by atoms with van der Waals surface area (Å²) in [6, 6.07) is 199. The molecule has 0 N–H and O–H groups in total. The highest BCUT2D eigenvalue weighted by atomic mass is 16.3. The topological polar surface area (TPSA) is 32.8 Å². The van der Waals surface area contributed by atoms with Gasteiger partial charge in [0, 0.05) is 55.3 Å². The molecule has 22 aromatic carbocycles. The van der Waals surface area contributed by atoms with Crippen molar-refractivity contribution in [3.63, 3.8) is 0 Å². The zero-order chi connectivity index (χ0) is 91.5. The van der Waals surface area contributed by atoms with Gasteiger partial charge in [-0.25, -0.2) is 0 Å². The smallest absolute Gasteiger partial charge is 0.136 e. The Morgan fingerprint density at radius 3 is 0.841 bits per heavy atom. The summed E-state index contributed by atoms with van der Waals surface area (Å²) in [5.74, 6) is 0. The van der Waals surface area contributed by atoms with Crippen molar-refractivity contribution in [2.75, 3.05) is 9.80 Å². The van der Waals surface area contributed by atoms with Crippen LogP contribution >= 0.6 is 0 Å². The standard InChI is InChI=1S/2C67H45NO/c1-4-21-46(22-5-1)47-41-43-48(44-42-47)53-29-11-15-37-61(53)68(62-38-16-12-30-55(62)56-34-20-40-64-66(56)58-32-13-17-39-63(58)69-64)52-28-18-23-49(45-52)54-33-19-36-60-65(54)57-31-10-14-35-59(57)67(60,50-24-6-2-7-25-50)51-26-8-3-9-27-51;1-4-20-46(21-5-1)47-40-42-48(43-41-47)49-22-16-28-53(44-49)68(62-37-14-11-30-56(62)57-34-19-39-64-66(57)59-32-12-15-38-63(59)69-64)54-29-17-23-50(45-54)55-33-18-36-61-65(55)58-31-10-13-35-60(58)67(61,51-24-6-2-7-25-51)52-26-8-3-9-27-52/h2*1-45H. The molecule has 4 heteroatoms. The highest BCUT2D eigenvalue weighted by Gasteiger charge is 2.49. The number of hydrogen-bond acceptors (Lipinski definition) is 4. The second-order valence-corrected chi connectivity index (χ2v) is 35.8. The molecule has 2 aliphatic carbocycles. The lowest BCUT2D eigenvalue weighted by atomic mass is 9.67. The number of benzene rings is 22. The predicted octanol–water partition coefficient (Wildman–Crippen LogP) is 36.2. The van der Waals surface area contributed by atoms with Crippen LogP contribution in [0.25, 0.3) is 155 Å². The second-order valence-electron chi connectivity index (χ2n) is 35.8. The highest BCUT2D eigenvalue weighted by Crippen LogP contribution is 2.62. The van der Waals surface area contributed by atoms with Crippen LogP contribution in [0.15, 0.2) is 555 Å². The molecule has 0 amide bonds. The molecule has 0 atom stereocenters. The first-order valence-corrected chi connectivity index (χ1v) is 47.5. The van der Waals surface area contributed by atoms with Gasteiger partial charge in [0.25, 0.3) is 0 Å². The van der Waals surface area contributed by atoms with E-state index in [9.17, 15) is 0 Å². The summed E-state index contributed by atoms with van der Waals surface area (Å²) in [6.45, 7) is 0. The van der Waals surface area contributed by atoms with Gasteiger partial charge in [0.1, 0.15) is 22.3 Å². The van der Waals surface area contributed by atoms with E-state index < -0.39 is 10.8 Å². The van der Waals surface area contributed by atoms with Crippen LogP contribution in [0.5, 0.6) is 0 Å². The zero-order valence-corrected chi connectivity index (χ0v) is 75.7. The minimum absolute atomic E-state index is 0.495. The Kier molecular flexibility index (Phi) is 20.7. The Bertz CT molecular complexity index is 8600. The Morgan fingerprint density at radius 1 is 0.152 bits per heavy atom. The van der Waals surface area contributed by atoms with Crippen LogP contribution in [0.2, 0.25) is 0 Å². The first-order chi connectivity index (χ1) is 68.5. The first kappa shape index (κ1) is 82.0. The van der Waals surface area contributed by atoms with Crippen LogP contribution in [0.1, 0.15) is 44.5 Å². The van der Waals surface area contributed by atoms with Gasteiger partial charge in [-0.3, -0.25) is 0 Å². The molecule has 0 unspecified atom stereocenters. The lowest BCUT2D eigenvalue weighted by Crippen LogP contribution is -2.28. The lowest BCUT2D eigenvalue weighted by molar-refractivity contribution is 0.668. The zero-order valence-electron chi connectivity index (χ0n) is 75.7. The molecular formula is C134H90N2O2. The van der Waals surface area contributed by atoms with Crippen molar-refractivity contribution in [1.29, 1.82) is 0 Å². The summed E-state index contributed by atoms with van der Waals surface area (Å²) in [4.78, 5) is 4.91. The summed E-state index contributed by atoms with van der Waals surface area (Å²) in [7, 11) is 0. The molecule has 0 saturated heterocycles.